The van der Waals surface area contributed by atoms with Crippen LogP contribution >= 0.6 is 27.3 Å². The van der Waals surface area contributed by atoms with Crippen LogP contribution in [0.1, 0.15) is 5.69 Å². The van der Waals surface area contributed by atoms with Crippen molar-refractivity contribution >= 4 is 27.3 Å². The largest absolute Gasteiger partial charge is 0.254 e. The summed E-state index contributed by atoms with van der Waals surface area (Å²) in [6.07, 6.45) is 1.76. The molecule has 0 saturated carbocycles. The molecular formula is C16H11BrN6S. The molecule has 0 bridgehead atoms. The quantitative estimate of drug-likeness (QED) is 0.524. The maximum absolute atomic E-state index is 4.59. The third-order valence-electron chi connectivity index (χ3n) is 3.29. The SMILES string of the molecule is Brc1ccc(-c2nnn(Cc3csc(-c4ccccn4)n3)n2)cc1. The Bertz CT molecular complexity index is 948. The molecule has 24 heavy (non-hydrogen) atoms. The van der Waals surface area contributed by atoms with Crippen molar-refractivity contribution in [3.05, 3.63) is 64.2 Å². The average molecular weight is 399 g/mol. The van der Waals surface area contributed by atoms with Gasteiger partial charge in [-0.25, -0.2) is 4.98 Å². The van der Waals surface area contributed by atoms with E-state index in [0.29, 0.717) is 12.4 Å². The van der Waals surface area contributed by atoms with Crippen LogP contribution in [0.25, 0.3) is 22.1 Å². The molecule has 6 nitrogen and oxygen atoms in total. The lowest BCUT2D eigenvalue weighted by Crippen LogP contribution is -2.04. The minimum absolute atomic E-state index is 0.479. The molecule has 0 fully saturated rings. The number of rotatable bonds is 4. The molecule has 4 rings (SSSR count). The van der Waals surface area contributed by atoms with E-state index in [-0.39, 0.29) is 0 Å². The standard InChI is InChI=1S/C16H11BrN6S/c17-12-6-4-11(5-7-12)15-20-22-23(21-15)9-13-10-24-16(19-13)14-3-1-2-8-18-14/h1-8,10H,9H2. The molecule has 0 radical (unpaired) electrons. The van der Waals surface area contributed by atoms with Crippen LogP contribution in [0, 0.1) is 0 Å². The molecule has 3 heterocycles. The first kappa shape index (κ1) is 15.1. The highest BCUT2D eigenvalue weighted by atomic mass is 79.9. The summed E-state index contributed by atoms with van der Waals surface area (Å²) in [5.41, 5.74) is 2.69. The second kappa shape index (κ2) is 6.58. The van der Waals surface area contributed by atoms with Gasteiger partial charge in [0, 0.05) is 21.6 Å². The average Bonchev–Trinajstić information content (AvgIpc) is 3.27. The molecule has 118 valence electrons. The molecule has 0 N–H and O–H groups in total. The molecule has 0 spiro atoms. The van der Waals surface area contributed by atoms with Gasteiger partial charge in [-0.1, -0.05) is 22.0 Å². The van der Waals surface area contributed by atoms with Gasteiger partial charge in [-0.15, -0.1) is 21.5 Å². The Labute approximate surface area is 150 Å². The topological polar surface area (TPSA) is 69.4 Å². The number of aromatic nitrogens is 6. The number of hydrogen-bond acceptors (Lipinski definition) is 6. The smallest absolute Gasteiger partial charge is 0.204 e. The molecule has 0 atom stereocenters. The zero-order chi connectivity index (χ0) is 16.4. The molecule has 3 aromatic heterocycles. The lowest BCUT2D eigenvalue weighted by molar-refractivity contribution is 0.566. The van der Waals surface area contributed by atoms with E-state index in [1.165, 1.54) is 0 Å². The minimum Gasteiger partial charge on any atom is -0.254 e. The Morgan fingerprint density at radius 1 is 1.08 bits per heavy atom. The third-order valence-corrected chi connectivity index (χ3v) is 4.74. The molecule has 0 aliphatic rings. The van der Waals surface area contributed by atoms with Gasteiger partial charge in [-0.05, 0) is 41.6 Å². The maximum Gasteiger partial charge on any atom is 0.204 e. The minimum atomic E-state index is 0.479. The van der Waals surface area contributed by atoms with Crippen molar-refractivity contribution in [3.63, 3.8) is 0 Å². The Balaban J connectivity index is 1.52. The van der Waals surface area contributed by atoms with Crippen LogP contribution in [-0.4, -0.2) is 30.2 Å². The van der Waals surface area contributed by atoms with Crippen LogP contribution in [0.15, 0.2) is 58.5 Å². The first-order valence-corrected chi connectivity index (χ1v) is 8.85. The summed E-state index contributed by atoms with van der Waals surface area (Å²) in [6, 6.07) is 13.6. The van der Waals surface area contributed by atoms with E-state index < -0.39 is 0 Å². The van der Waals surface area contributed by atoms with Crippen molar-refractivity contribution in [1.82, 2.24) is 30.2 Å². The first-order chi connectivity index (χ1) is 11.8. The first-order valence-electron chi connectivity index (χ1n) is 7.17. The summed E-state index contributed by atoms with van der Waals surface area (Å²) in [5.74, 6) is 0.600. The predicted molar refractivity (Wildman–Crippen MR) is 95.4 cm³/mol. The van der Waals surface area contributed by atoms with Crippen LogP contribution in [0.5, 0.6) is 0 Å². The lowest BCUT2D eigenvalue weighted by atomic mass is 10.2. The summed E-state index contributed by atoms with van der Waals surface area (Å²) < 4.78 is 1.02. The predicted octanol–water partition coefficient (Wildman–Crippen LogP) is 3.67. The number of benzene rings is 1. The fourth-order valence-electron chi connectivity index (χ4n) is 2.16. The Morgan fingerprint density at radius 3 is 2.75 bits per heavy atom. The molecule has 0 aliphatic carbocycles. The third kappa shape index (κ3) is 3.24. The van der Waals surface area contributed by atoms with E-state index in [1.807, 2.05) is 47.8 Å². The van der Waals surface area contributed by atoms with Gasteiger partial charge in [-0.3, -0.25) is 4.98 Å². The molecule has 0 amide bonds. The number of thiazole rings is 1. The highest BCUT2D eigenvalue weighted by molar-refractivity contribution is 9.10. The molecule has 0 unspecified atom stereocenters. The van der Waals surface area contributed by atoms with Gasteiger partial charge in [0.05, 0.1) is 11.4 Å². The van der Waals surface area contributed by atoms with Crippen LogP contribution in [0.4, 0.5) is 0 Å². The van der Waals surface area contributed by atoms with Gasteiger partial charge in [0.1, 0.15) is 11.6 Å². The van der Waals surface area contributed by atoms with E-state index in [2.05, 4.69) is 41.3 Å². The second-order valence-corrected chi connectivity index (χ2v) is 6.78. The zero-order valence-electron chi connectivity index (χ0n) is 12.4. The summed E-state index contributed by atoms with van der Waals surface area (Å²) >= 11 is 4.97. The number of halogens is 1. The highest BCUT2D eigenvalue weighted by Gasteiger charge is 2.09. The second-order valence-electron chi connectivity index (χ2n) is 5.01. The van der Waals surface area contributed by atoms with Crippen molar-refractivity contribution < 1.29 is 0 Å². The van der Waals surface area contributed by atoms with Crippen LogP contribution in [0.3, 0.4) is 0 Å². The molecule has 0 saturated heterocycles. The van der Waals surface area contributed by atoms with Crippen LogP contribution in [0.2, 0.25) is 0 Å². The number of tetrazole rings is 1. The van der Waals surface area contributed by atoms with Crippen molar-refractivity contribution in [2.24, 2.45) is 0 Å². The van der Waals surface area contributed by atoms with E-state index in [4.69, 9.17) is 0 Å². The maximum atomic E-state index is 4.59. The van der Waals surface area contributed by atoms with Gasteiger partial charge >= 0.3 is 0 Å². The fraction of sp³-hybridized carbons (Fsp3) is 0.0625. The Hall–Kier alpha value is -2.45. The van der Waals surface area contributed by atoms with E-state index in [1.54, 1.807) is 22.3 Å². The van der Waals surface area contributed by atoms with Crippen molar-refractivity contribution in [2.45, 2.75) is 6.54 Å². The number of hydrogen-bond donors (Lipinski definition) is 0. The number of nitrogens with zero attached hydrogens (tertiary/aromatic N) is 6. The van der Waals surface area contributed by atoms with Crippen molar-refractivity contribution in [3.8, 4) is 22.1 Å². The van der Waals surface area contributed by atoms with E-state index in [0.717, 1.165) is 26.4 Å². The van der Waals surface area contributed by atoms with Gasteiger partial charge in [0.25, 0.3) is 0 Å². The summed E-state index contributed by atoms with van der Waals surface area (Å²) in [5, 5.41) is 15.5. The molecule has 0 aliphatic heterocycles. The Kier molecular flexibility index (Phi) is 4.14. The monoisotopic (exact) mass is 398 g/mol. The van der Waals surface area contributed by atoms with Gasteiger partial charge < -0.3 is 0 Å². The fourth-order valence-corrected chi connectivity index (χ4v) is 3.21. The Morgan fingerprint density at radius 2 is 1.96 bits per heavy atom. The van der Waals surface area contributed by atoms with Gasteiger partial charge in [0.15, 0.2) is 0 Å². The van der Waals surface area contributed by atoms with Crippen molar-refractivity contribution in [1.29, 1.82) is 0 Å². The molecule has 1 aromatic carbocycles. The summed E-state index contributed by atoms with van der Waals surface area (Å²) in [4.78, 5) is 10.5. The van der Waals surface area contributed by atoms with Gasteiger partial charge in [0.2, 0.25) is 5.82 Å². The molecular weight excluding hydrogens is 388 g/mol. The molecule has 8 heteroatoms. The van der Waals surface area contributed by atoms with Crippen LogP contribution < -0.4 is 0 Å². The van der Waals surface area contributed by atoms with Crippen molar-refractivity contribution in [2.75, 3.05) is 0 Å². The van der Waals surface area contributed by atoms with Crippen LogP contribution in [-0.2, 0) is 6.54 Å². The lowest BCUT2D eigenvalue weighted by Gasteiger charge is -1.96. The molecule has 4 aromatic rings. The van der Waals surface area contributed by atoms with E-state index >= 15 is 0 Å². The normalized spacial score (nSPS) is 10.9. The summed E-state index contributed by atoms with van der Waals surface area (Å²) in [7, 11) is 0. The zero-order valence-corrected chi connectivity index (χ0v) is 14.8. The number of pyridine rings is 1. The summed E-state index contributed by atoms with van der Waals surface area (Å²) in [6.45, 7) is 0.479. The van der Waals surface area contributed by atoms with Gasteiger partial charge in [-0.2, -0.15) is 4.80 Å². The highest BCUT2D eigenvalue weighted by Crippen LogP contribution is 2.22. The van der Waals surface area contributed by atoms with E-state index in [9.17, 15) is 0 Å².